The van der Waals surface area contributed by atoms with Crippen LogP contribution in [0.3, 0.4) is 0 Å². The highest BCUT2D eigenvalue weighted by molar-refractivity contribution is 6.00. The molecule has 0 unspecified atom stereocenters. The van der Waals surface area contributed by atoms with Gasteiger partial charge in [0.1, 0.15) is 12.3 Å². The van der Waals surface area contributed by atoms with Crippen molar-refractivity contribution in [3.05, 3.63) is 59.8 Å². The zero-order valence-corrected chi connectivity index (χ0v) is 14.3. The van der Waals surface area contributed by atoms with Gasteiger partial charge in [-0.3, -0.25) is 9.59 Å². The minimum Gasteiger partial charge on any atom is -0.497 e. The number of aldehydes is 1. The van der Waals surface area contributed by atoms with Gasteiger partial charge in [0.15, 0.2) is 6.29 Å². The maximum Gasteiger partial charge on any atom is 0.244 e. The van der Waals surface area contributed by atoms with E-state index in [1.54, 1.807) is 19.4 Å². The number of hydrogen-bond donors (Lipinski definition) is 1. The molecule has 0 saturated carbocycles. The Morgan fingerprint density at radius 1 is 1.24 bits per heavy atom. The largest absolute Gasteiger partial charge is 0.497 e. The molecule has 1 heterocycles. The van der Waals surface area contributed by atoms with Crippen molar-refractivity contribution < 1.29 is 14.3 Å². The predicted octanol–water partition coefficient (Wildman–Crippen LogP) is 3.66. The molecule has 5 nitrogen and oxygen atoms in total. The Balaban J connectivity index is 1.89. The number of carbonyl (C=O) groups excluding carboxylic acids is 2. The fraction of sp³-hybridized carbons (Fsp3) is 0.200. The number of amides is 1. The summed E-state index contributed by atoms with van der Waals surface area (Å²) in [6.07, 6.45) is 3.40. The lowest BCUT2D eigenvalue weighted by Crippen LogP contribution is -2.18. The third-order valence-electron chi connectivity index (χ3n) is 4.19. The van der Waals surface area contributed by atoms with Gasteiger partial charge < -0.3 is 14.6 Å². The molecule has 0 saturated heterocycles. The fourth-order valence-corrected chi connectivity index (χ4v) is 3.03. The average molecular weight is 336 g/mol. The number of para-hydroxylation sites is 1. The van der Waals surface area contributed by atoms with E-state index in [2.05, 4.69) is 12.2 Å². The second kappa shape index (κ2) is 7.21. The van der Waals surface area contributed by atoms with Crippen LogP contribution in [0.15, 0.2) is 48.7 Å². The zero-order valence-electron chi connectivity index (χ0n) is 14.3. The van der Waals surface area contributed by atoms with Crippen LogP contribution in [0.25, 0.3) is 10.9 Å². The molecule has 0 radical (unpaired) electrons. The van der Waals surface area contributed by atoms with E-state index in [1.807, 2.05) is 41.0 Å². The molecule has 0 atom stereocenters. The monoisotopic (exact) mass is 336 g/mol. The number of aromatic nitrogens is 1. The van der Waals surface area contributed by atoms with Gasteiger partial charge in [-0.25, -0.2) is 0 Å². The maximum atomic E-state index is 12.5. The summed E-state index contributed by atoms with van der Waals surface area (Å²) in [5.41, 5.74) is 3.32. The Bertz CT molecular complexity index is 928. The molecule has 3 aromatic rings. The molecule has 0 spiro atoms. The quantitative estimate of drug-likeness (QED) is 0.699. The third-order valence-corrected chi connectivity index (χ3v) is 4.19. The molecule has 3 rings (SSSR count). The number of aryl methyl sites for hydroxylation is 1. The Kier molecular flexibility index (Phi) is 4.84. The van der Waals surface area contributed by atoms with E-state index in [-0.39, 0.29) is 12.5 Å². The number of nitrogens with one attached hydrogen (secondary N) is 1. The first kappa shape index (κ1) is 16.8. The SMILES string of the molecule is CCc1cccc2c(C=O)cn(CC(=O)Nc3cccc(OC)c3)c12. The van der Waals surface area contributed by atoms with E-state index >= 15 is 0 Å². The smallest absolute Gasteiger partial charge is 0.244 e. The van der Waals surface area contributed by atoms with Gasteiger partial charge in [-0.05, 0) is 24.1 Å². The van der Waals surface area contributed by atoms with Crippen LogP contribution < -0.4 is 10.1 Å². The summed E-state index contributed by atoms with van der Waals surface area (Å²) < 4.78 is 7.01. The molecule has 1 aromatic heterocycles. The summed E-state index contributed by atoms with van der Waals surface area (Å²) in [7, 11) is 1.58. The van der Waals surface area contributed by atoms with Gasteiger partial charge >= 0.3 is 0 Å². The standard InChI is InChI=1S/C20H20N2O3/c1-3-14-6-4-9-18-15(13-23)11-22(20(14)18)12-19(24)21-16-7-5-8-17(10-16)25-2/h4-11,13H,3,12H2,1-2H3,(H,21,24). The number of anilines is 1. The van der Waals surface area contributed by atoms with E-state index in [9.17, 15) is 9.59 Å². The molecule has 0 aliphatic rings. The van der Waals surface area contributed by atoms with Crippen molar-refractivity contribution in [3.8, 4) is 5.75 Å². The summed E-state index contributed by atoms with van der Waals surface area (Å²) in [5.74, 6) is 0.522. The molecule has 2 aromatic carbocycles. The minimum atomic E-state index is -0.159. The second-order valence-corrected chi connectivity index (χ2v) is 5.78. The van der Waals surface area contributed by atoms with Gasteiger partial charge in [-0.15, -0.1) is 0 Å². The van der Waals surface area contributed by atoms with Crippen molar-refractivity contribution >= 4 is 28.8 Å². The van der Waals surface area contributed by atoms with Crippen molar-refractivity contribution in [2.75, 3.05) is 12.4 Å². The highest BCUT2D eigenvalue weighted by atomic mass is 16.5. The van der Waals surface area contributed by atoms with E-state index in [0.717, 1.165) is 29.2 Å². The Hall–Kier alpha value is -3.08. The number of hydrogen-bond acceptors (Lipinski definition) is 3. The summed E-state index contributed by atoms with van der Waals surface area (Å²) in [6, 6.07) is 13.1. The van der Waals surface area contributed by atoms with Gasteiger partial charge in [-0.2, -0.15) is 0 Å². The van der Waals surface area contributed by atoms with Crippen LogP contribution in [-0.2, 0) is 17.8 Å². The fourth-order valence-electron chi connectivity index (χ4n) is 3.03. The van der Waals surface area contributed by atoms with E-state index in [1.165, 1.54) is 0 Å². The van der Waals surface area contributed by atoms with Gasteiger partial charge in [0, 0.05) is 28.9 Å². The van der Waals surface area contributed by atoms with E-state index < -0.39 is 0 Å². The van der Waals surface area contributed by atoms with Crippen molar-refractivity contribution in [2.24, 2.45) is 0 Å². The maximum absolute atomic E-state index is 12.5. The summed E-state index contributed by atoms with van der Waals surface area (Å²) in [6.45, 7) is 2.20. The Morgan fingerprint density at radius 3 is 2.76 bits per heavy atom. The van der Waals surface area contributed by atoms with E-state index in [4.69, 9.17) is 4.74 Å². The first-order valence-corrected chi connectivity index (χ1v) is 8.16. The number of rotatable bonds is 6. The molecule has 0 aliphatic carbocycles. The third kappa shape index (κ3) is 3.40. The van der Waals surface area contributed by atoms with Gasteiger partial charge in [0.2, 0.25) is 5.91 Å². The predicted molar refractivity (Wildman–Crippen MR) is 98.3 cm³/mol. The molecule has 25 heavy (non-hydrogen) atoms. The Morgan fingerprint density at radius 2 is 2.04 bits per heavy atom. The summed E-state index contributed by atoms with van der Waals surface area (Å²) >= 11 is 0. The zero-order chi connectivity index (χ0) is 17.8. The molecular formula is C20H20N2O3. The molecule has 0 aliphatic heterocycles. The van der Waals surface area contributed by atoms with Gasteiger partial charge in [0.25, 0.3) is 0 Å². The summed E-state index contributed by atoms with van der Waals surface area (Å²) in [4.78, 5) is 23.8. The lowest BCUT2D eigenvalue weighted by molar-refractivity contribution is -0.116. The Labute approximate surface area is 146 Å². The molecule has 1 N–H and O–H groups in total. The summed E-state index contributed by atoms with van der Waals surface area (Å²) in [5, 5.41) is 3.74. The normalized spacial score (nSPS) is 10.6. The highest BCUT2D eigenvalue weighted by Gasteiger charge is 2.13. The van der Waals surface area contributed by atoms with Crippen LogP contribution in [0.2, 0.25) is 0 Å². The minimum absolute atomic E-state index is 0.137. The van der Waals surface area contributed by atoms with Crippen LogP contribution in [0.5, 0.6) is 5.75 Å². The van der Waals surface area contributed by atoms with Crippen LogP contribution in [-0.4, -0.2) is 23.9 Å². The topological polar surface area (TPSA) is 60.3 Å². The number of ether oxygens (including phenoxy) is 1. The van der Waals surface area contributed by atoms with Crippen LogP contribution in [0.4, 0.5) is 5.69 Å². The van der Waals surface area contributed by atoms with Crippen molar-refractivity contribution in [1.82, 2.24) is 4.57 Å². The molecule has 1 amide bonds. The molecule has 5 heteroatoms. The van der Waals surface area contributed by atoms with Gasteiger partial charge in [0.05, 0.1) is 12.6 Å². The number of benzene rings is 2. The lowest BCUT2D eigenvalue weighted by Gasteiger charge is -2.10. The molecule has 0 fully saturated rings. The average Bonchev–Trinajstić information content (AvgIpc) is 2.99. The molecular weight excluding hydrogens is 316 g/mol. The van der Waals surface area contributed by atoms with Crippen LogP contribution in [0, 0.1) is 0 Å². The number of fused-ring (bicyclic) bond motifs is 1. The van der Waals surface area contributed by atoms with Crippen molar-refractivity contribution in [1.29, 1.82) is 0 Å². The van der Waals surface area contributed by atoms with Crippen LogP contribution >= 0.6 is 0 Å². The van der Waals surface area contributed by atoms with Crippen molar-refractivity contribution in [2.45, 2.75) is 19.9 Å². The second-order valence-electron chi connectivity index (χ2n) is 5.78. The van der Waals surface area contributed by atoms with Crippen molar-refractivity contribution in [3.63, 3.8) is 0 Å². The number of nitrogens with zero attached hydrogens (tertiary/aromatic N) is 1. The van der Waals surface area contributed by atoms with E-state index in [0.29, 0.717) is 17.0 Å². The molecule has 128 valence electrons. The number of methoxy groups -OCH3 is 1. The number of carbonyl (C=O) groups is 2. The highest BCUT2D eigenvalue weighted by Crippen LogP contribution is 2.25. The van der Waals surface area contributed by atoms with Gasteiger partial charge in [-0.1, -0.05) is 31.2 Å². The first-order valence-electron chi connectivity index (χ1n) is 8.16. The van der Waals surface area contributed by atoms with Crippen LogP contribution in [0.1, 0.15) is 22.8 Å². The molecule has 0 bridgehead atoms. The first-order chi connectivity index (χ1) is 12.2. The lowest BCUT2D eigenvalue weighted by atomic mass is 10.1.